The standard InChI is InChI=1S/C10H9FO/c1-6-3-4-8-5-7(2)12-10(8)9(6)11/h3-5H,1-2H3. The van der Waals surface area contributed by atoms with Gasteiger partial charge in [0.2, 0.25) is 0 Å². The summed E-state index contributed by atoms with van der Waals surface area (Å²) in [4.78, 5) is 0. The fourth-order valence-corrected chi connectivity index (χ4v) is 1.30. The molecule has 0 atom stereocenters. The van der Waals surface area contributed by atoms with Crippen LogP contribution in [0.1, 0.15) is 11.3 Å². The van der Waals surface area contributed by atoms with E-state index >= 15 is 0 Å². The Bertz CT molecular complexity index is 429. The van der Waals surface area contributed by atoms with Gasteiger partial charge in [0.15, 0.2) is 11.4 Å². The van der Waals surface area contributed by atoms with E-state index in [1.54, 1.807) is 13.0 Å². The molecule has 0 N–H and O–H groups in total. The molecule has 62 valence electrons. The van der Waals surface area contributed by atoms with Gasteiger partial charge in [-0.1, -0.05) is 12.1 Å². The van der Waals surface area contributed by atoms with Crippen LogP contribution in [0.5, 0.6) is 0 Å². The second kappa shape index (κ2) is 2.34. The predicted octanol–water partition coefficient (Wildman–Crippen LogP) is 3.19. The lowest BCUT2D eigenvalue weighted by atomic mass is 10.2. The zero-order valence-corrected chi connectivity index (χ0v) is 7.02. The number of furan rings is 1. The maximum absolute atomic E-state index is 13.3. The van der Waals surface area contributed by atoms with Crippen molar-refractivity contribution < 1.29 is 8.81 Å². The molecule has 0 saturated carbocycles. The average Bonchev–Trinajstić information content (AvgIpc) is 2.39. The Morgan fingerprint density at radius 1 is 1.25 bits per heavy atom. The Hall–Kier alpha value is -1.31. The van der Waals surface area contributed by atoms with E-state index in [9.17, 15) is 4.39 Å². The van der Waals surface area contributed by atoms with Gasteiger partial charge in [-0.05, 0) is 25.5 Å². The van der Waals surface area contributed by atoms with E-state index in [1.165, 1.54) is 0 Å². The van der Waals surface area contributed by atoms with E-state index in [1.807, 2.05) is 19.1 Å². The van der Waals surface area contributed by atoms with E-state index in [2.05, 4.69) is 0 Å². The highest BCUT2D eigenvalue weighted by molar-refractivity contribution is 5.79. The maximum atomic E-state index is 13.3. The topological polar surface area (TPSA) is 13.1 Å². The average molecular weight is 164 g/mol. The molecule has 12 heavy (non-hydrogen) atoms. The van der Waals surface area contributed by atoms with Crippen LogP contribution in [0.4, 0.5) is 4.39 Å². The minimum Gasteiger partial charge on any atom is -0.458 e. The molecule has 0 aliphatic carbocycles. The van der Waals surface area contributed by atoms with E-state index < -0.39 is 0 Å². The van der Waals surface area contributed by atoms with Gasteiger partial charge in [-0.2, -0.15) is 0 Å². The number of fused-ring (bicyclic) bond motifs is 1. The number of aryl methyl sites for hydroxylation is 2. The summed E-state index contributed by atoms with van der Waals surface area (Å²) in [5, 5.41) is 0.829. The molecule has 0 aliphatic heterocycles. The summed E-state index contributed by atoms with van der Waals surface area (Å²) in [6.07, 6.45) is 0. The van der Waals surface area contributed by atoms with Crippen molar-refractivity contribution in [2.45, 2.75) is 13.8 Å². The van der Waals surface area contributed by atoms with Crippen LogP contribution in [0.25, 0.3) is 11.0 Å². The van der Waals surface area contributed by atoms with Crippen LogP contribution in [0, 0.1) is 19.7 Å². The number of benzene rings is 1. The molecule has 1 nitrogen and oxygen atoms in total. The number of halogens is 1. The zero-order chi connectivity index (χ0) is 8.72. The smallest absolute Gasteiger partial charge is 0.170 e. The van der Waals surface area contributed by atoms with Crippen molar-refractivity contribution in [3.05, 3.63) is 35.3 Å². The van der Waals surface area contributed by atoms with Crippen molar-refractivity contribution in [2.24, 2.45) is 0 Å². The van der Waals surface area contributed by atoms with Gasteiger partial charge in [0, 0.05) is 5.39 Å². The van der Waals surface area contributed by atoms with Crippen molar-refractivity contribution in [3.8, 4) is 0 Å². The molecule has 2 heteroatoms. The van der Waals surface area contributed by atoms with Gasteiger partial charge in [0.25, 0.3) is 0 Å². The van der Waals surface area contributed by atoms with Crippen molar-refractivity contribution >= 4 is 11.0 Å². The molecule has 0 unspecified atom stereocenters. The molecule has 2 rings (SSSR count). The number of hydrogen-bond donors (Lipinski definition) is 0. The van der Waals surface area contributed by atoms with Gasteiger partial charge < -0.3 is 4.42 Å². The highest BCUT2D eigenvalue weighted by Crippen LogP contribution is 2.23. The van der Waals surface area contributed by atoms with E-state index in [4.69, 9.17) is 4.42 Å². The molecule has 0 radical (unpaired) electrons. The highest BCUT2D eigenvalue weighted by Gasteiger charge is 2.07. The molecule has 1 aromatic heterocycles. The molecular weight excluding hydrogens is 155 g/mol. The van der Waals surface area contributed by atoms with Gasteiger partial charge in [-0.3, -0.25) is 0 Å². The molecule has 0 spiro atoms. The first-order valence-electron chi connectivity index (χ1n) is 3.84. The maximum Gasteiger partial charge on any atom is 0.170 e. The summed E-state index contributed by atoms with van der Waals surface area (Å²) in [7, 11) is 0. The fraction of sp³-hybridized carbons (Fsp3) is 0.200. The van der Waals surface area contributed by atoms with Crippen LogP contribution in [-0.2, 0) is 0 Å². The first-order chi connectivity index (χ1) is 5.68. The van der Waals surface area contributed by atoms with Gasteiger partial charge in [0.05, 0.1) is 0 Å². The van der Waals surface area contributed by atoms with Crippen LogP contribution >= 0.6 is 0 Å². The molecular formula is C10H9FO. The molecule has 2 aromatic rings. The van der Waals surface area contributed by atoms with Crippen LogP contribution < -0.4 is 0 Å². The van der Waals surface area contributed by atoms with Crippen LogP contribution in [0.2, 0.25) is 0 Å². The molecule has 0 fully saturated rings. The first kappa shape index (κ1) is 7.35. The monoisotopic (exact) mass is 164 g/mol. The lowest BCUT2D eigenvalue weighted by Crippen LogP contribution is -1.80. The second-order valence-electron chi connectivity index (χ2n) is 2.97. The SMILES string of the molecule is Cc1cc2ccc(C)c(F)c2o1. The Balaban J connectivity index is 2.89. The third-order valence-electron chi connectivity index (χ3n) is 1.94. The first-order valence-corrected chi connectivity index (χ1v) is 3.84. The molecule has 1 aromatic carbocycles. The van der Waals surface area contributed by atoms with Crippen LogP contribution in [0.15, 0.2) is 22.6 Å². The summed E-state index contributed by atoms with van der Waals surface area (Å²) in [5.74, 6) is 0.495. The van der Waals surface area contributed by atoms with Gasteiger partial charge in [-0.15, -0.1) is 0 Å². The summed E-state index contributed by atoms with van der Waals surface area (Å²) in [6.45, 7) is 3.54. The molecule has 0 amide bonds. The molecule has 0 saturated heterocycles. The van der Waals surface area contributed by atoms with Gasteiger partial charge in [-0.25, -0.2) is 4.39 Å². The zero-order valence-electron chi connectivity index (χ0n) is 7.02. The summed E-state index contributed by atoms with van der Waals surface area (Å²) >= 11 is 0. The summed E-state index contributed by atoms with van der Waals surface area (Å²) in [5.41, 5.74) is 0.990. The quantitative estimate of drug-likeness (QED) is 0.582. The Morgan fingerprint density at radius 2 is 2.00 bits per heavy atom. The van der Waals surface area contributed by atoms with Crippen LogP contribution in [0.3, 0.4) is 0 Å². The fourth-order valence-electron chi connectivity index (χ4n) is 1.30. The van der Waals surface area contributed by atoms with E-state index in [0.29, 0.717) is 11.1 Å². The normalized spacial score (nSPS) is 10.9. The van der Waals surface area contributed by atoms with Crippen molar-refractivity contribution in [3.63, 3.8) is 0 Å². The minimum absolute atomic E-state index is 0.249. The number of hydrogen-bond acceptors (Lipinski definition) is 1. The number of rotatable bonds is 0. The predicted molar refractivity (Wildman–Crippen MR) is 45.6 cm³/mol. The van der Waals surface area contributed by atoms with Gasteiger partial charge >= 0.3 is 0 Å². The molecule has 0 aliphatic rings. The molecule has 0 bridgehead atoms. The second-order valence-corrected chi connectivity index (χ2v) is 2.97. The Kier molecular flexibility index (Phi) is 1.43. The Morgan fingerprint density at radius 3 is 2.75 bits per heavy atom. The Labute approximate surface area is 69.8 Å². The van der Waals surface area contributed by atoms with E-state index in [-0.39, 0.29) is 5.82 Å². The lowest BCUT2D eigenvalue weighted by molar-refractivity contribution is 0.535. The largest absolute Gasteiger partial charge is 0.458 e. The highest BCUT2D eigenvalue weighted by atomic mass is 19.1. The molecule has 1 heterocycles. The van der Waals surface area contributed by atoms with E-state index in [0.717, 1.165) is 11.1 Å². The third kappa shape index (κ3) is 0.916. The van der Waals surface area contributed by atoms with Crippen molar-refractivity contribution in [1.29, 1.82) is 0 Å². The summed E-state index contributed by atoms with van der Waals surface area (Å²) in [6, 6.07) is 5.45. The van der Waals surface area contributed by atoms with Crippen molar-refractivity contribution in [1.82, 2.24) is 0 Å². The minimum atomic E-state index is -0.249. The summed E-state index contributed by atoms with van der Waals surface area (Å²) < 4.78 is 18.5. The lowest BCUT2D eigenvalue weighted by Gasteiger charge is -1.94. The van der Waals surface area contributed by atoms with Gasteiger partial charge in [0.1, 0.15) is 5.76 Å². The van der Waals surface area contributed by atoms with Crippen LogP contribution in [-0.4, -0.2) is 0 Å². The van der Waals surface area contributed by atoms with Crippen molar-refractivity contribution in [2.75, 3.05) is 0 Å². The third-order valence-corrected chi connectivity index (χ3v) is 1.94.